The highest BCUT2D eigenvalue weighted by molar-refractivity contribution is 5.75. The standard InChI is InChI=1S/C19H21N5/c1-15-5-4-8-20-18(15)14-23-9-11-24(12-10-23)19-13-21-16-6-2-3-7-17(16)22-19/h2-8,13H,9-12,14H2,1H3. The SMILES string of the molecule is Cc1cccnc1CN1CCN(c2cnc3ccccc3n2)CC1. The number of benzene rings is 1. The Hall–Kier alpha value is -2.53. The Balaban J connectivity index is 1.42. The highest BCUT2D eigenvalue weighted by atomic mass is 15.3. The third-order valence-electron chi connectivity index (χ3n) is 4.62. The van der Waals surface area contributed by atoms with Crippen LogP contribution in [0.2, 0.25) is 0 Å². The molecule has 4 rings (SSSR count). The van der Waals surface area contributed by atoms with Gasteiger partial charge in [-0.25, -0.2) is 4.98 Å². The second-order valence-electron chi connectivity index (χ2n) is 6.25. The van der Waals surface area contributed by atoms with Crippen LogP contribution in [0.4, 0.5) is 5.82 Å². The highest BCUT2D eigenvalue weighted by Gasteiger charge is 2.19. The Morgan fingerprint density at radius 2 is 1.71 bits per heavy atom. The number of para-hydroxylation sites is 2. The molecule has 3 heterocycles. The Morgan fingerprint density at radius 3 is 2.50 bits per heavy atom. The summed E-state index contributed by atoms with van der Waals surface area (Å²) in [5.74, 6) is 0.974. The van der Waals surface area contributed by atoms with E-state index in [9.17, 15) is 0 Å². The van der Waals surface area contributed by atoms with Crippen LogP contribution < -0.4 is 4.90 Å². The topological polar surface area (TPSA) is 45.2 Å². The second kappa shape index (κ2) is 6.53. The molecule has 0 radical (unpaired) electrons. The Labute approximate surface area is 142 Å². The normalized spacial score (nSPS) is 15.8. The summed E-state index contributed by atoms with van der Waals surface area (Å²) in [6, 6.07) is 12.1. The van der Waals surface area contributed by atoms with Crippen LogP contribution in [-0.4, -0.2) is 46.0 Å². The smallest absolute Gasteiger partial charge is 0.147 e. The van der Waals surface area contributed by atoms with Crippen LogP contribution in [0.25, 0.3) is 11.0 Å². The van der Waals surface area contributed by atoms with Gasteiger partial charge < -0.3 is 4.90 Å². The lowest BCUT2D eigenvalue weighted by atomic mass is 10.2. The predicted octanol–water partition coefficient (Wildman–Crippen LogP) is 2.66. The fraction of sp³-hybridized carbons (Fsp3) is 0.316. The van der Waals surface area contributed by atoms with Gasteiger partial charge in [-0.2, -0.15) is 0 Å². The van der Waals surface area contributed by atoms with E-state index in [1.165, 1.54) is 11.3 Å². The zero-order valence-electron chi connectivity index (χ0n) is 13.9. The molecule has 1 aromatic carbocycles. The average molecular weight is 319 g/mol. The van der Waals surface area contributed by atoms with E-state index in [0.29, 0.717) is 0 Å². The zero-order valence-corrected chi connectivity index (χ0v) is 13.9. The Bertz CT molecular complexity index is 840. The molecule has 24 heavy (non-hydrogen) atoms. The molecule has 2 aromatic heterocycles. The van der Waals surface area contributed by atoms with Gasteiger partial charge in [0.2, 0.25) is 0 Å². The summed E-state index contributed by atoms with van der Waals surface area (Å²) < 4.78 is 0. The summed E-state index contributed by atoms with van der Waals surface area (Å²) in [5.41, 5.74) is 4.35. The molecule has 5 nitrogen and oxygen atoms in total. The van der Waals surface area contributed by atoms with Crippen molar-refractivity contribution >= 4 is 16.9 Å². The largest absolute Gasteiger partial charge is 0.353 e. The van der Waals surface area contributed by atoms with Crippen LogP contribution in [-0.2, 0) is 6.54 Å². The van der Waals surface area contributed by atoms with Gasteiger partial charge in [-0.05, 0) is 30.7 Å². The minimum atomic E-state index is 0.921. The molecule has 0 N–H and O–H groups in total. The first-order valence-electron chi connectivity index (χ1n) is 8.39. The van der Waals surface area contributed by atoms with Crippen molar-refractivity contribution in [2.45, 2.75) is 13.5 Å². The molecule has 5 heteroatoms. The molecule has 122 valence electrons. The number of rotatable bonds is 3. The van der Waals surface area contributed by atoms with E-state index < -0.39 is 0 Å². The van der Waals surface area contributed by atoms with Crippen LogP contribution >= 0.6 is 0 Å². The van der Waals surface area contributed by atoms with Crippen LogP contribution in [0.1, 0.15) is 11.3 Å². The van der Waals surface area contributed by atoms with Crippen molar-refractivity contribution in [3.8, 4) is 0 Å². The summed E-state index contributed by atoms with van der Waals surface area (Å²) in [6.45, 7) is 7.03. The third-order valence-corrected chi connectivity index (χ3v) is 4.62. The van der Waals surface area contributed by atoms with E-state index in [0.717, 1.165) is 49.6 Å². The second-order valence-corrected chi connectivity index (χ2v) is 6.25. The molecule has 0 amide bonds. The average Bonchev–Trinajstić information content (AvgIpc) is 2.64. The fourth-order valence-electron chi connectivity index (χ4n) is 3.13. The molecule has 0 aliphatic carbocycles. The number of fused-ring (bicyclic) bond motifs is 1. The van der Waals surface area contributed by atoms with E-state index in [1.807, 2.05) is 42.7 Å². The summed E-state index contributed by atoms with van der Waals surface area (Å²) in [6.07, 6.45) is 3.77. The van der Waals surface area contributed by atoms with E-state index in [2.05, 4.69) is 32.8 Å². The van der Waals surface area contributed by atoms with Gasteiger partial charge in [0.05, 0.1) is 22.9 Å². The maximum atomic E-state index is 4.75. The highest BCUT2D eigenvalue weighted by Crippen LogP contribution is 2.18. The maximum absolute atomic E-state index is 4.75. The molecule has 3 aromatic rings. The number of nitrogens with zero attached hydrogens (tertiary/aromatic N) is 5. The molecule has 1 fully saturated rings. The summed E-state index contributed by atoms with van der Waals surface area (Å²) >= 11 is 0. The molecular weight excluding hydrogens is 298 g/mol. The van der Waals surface area contributed by atoms with Gasteiger partial charge in [0.1, 0.15) is 5.82 Å². The van der Waals surface area contributed by atoms with Crippen molar-refractivity contribution < 1.29 is 0 Å². The van der Waals surface area contributed by atoms with E-state index in [1.54, 1.807) is 0 Å². The molecule has 1 saturated heterocycles. The van der Waals surface area contributed by atoms with Gasteiger partial charge in [-0.3, -0.25) is 14.9 Å². The van der Waals surface area contributed by atoms with E-state index in [4.69, 9.17) is 4.98 Å². The molecular formula is C19H21N5. The summed E-state index contributed by atoms with van der Waals surface area (Å²) in [4.78, 5) is 18.6. The van der Waals surface area contributed by atoms with Crippen LogP contribution in [0.3, 0.4) is 0 Å². The summed E-state index contributed by atoms with van der Waals surface area (Å²) in [5, 5.41) is 0. The van der Waals surface area contributed by atoms with Crippen molar-refractivity contribution in [2.24, 2.45) is 0 Å². The van der Waals surface area contributed by atoms with Gasteiger partial charge in [0.25, 0.3) is 0 Å². The van der Waals surface area contributed by atoms with Crippen molar-refractivity contribution in [1.82, 2.24) is 19.9 Å². The third kappa shape index (κ3) is 3.08. The number of piperazine rings is 1. The molecule has 1 aliphatic rings. The van der Waals surface area contributed by atoms with Crippen molar-refractivity contribution in [1.29, 1.82) is 0 Å². The molecule has 0 atom stereocenters. The number of pyridine rings is 1. The van der Waals surface area contributed by atoms with E-state index >= 15 is 0 Å². The minimum absolute atomic E-state index is 0.921. The van der Waals surface area contributed by atoms with Crippen LogP contribution in [0.15, 0.2) is 48.8 Å². The molecule has 0 unspecified atom stereocenters. The first-order chi connectivity index (χ1) is 11.8. The minimum Gasteiger partial charge on any atom is -0.353 e. The number of aromatic nitrogens is 3. The first kappa shape index (κ1) is 15.0. The van der Waals surface area contributed by atoms with Gasteiger partial charge in [-0.15, -0.1) is 0 Å². The number of aryl methyl sites for hydroxylation is 1. The predicted molar refractivity (Wildman–Crippen MR) is 96.0 cm³/mol. The quantitative estimate of drug-likeness (QED) is 0.743. The lowest BCUT2D eigenvalue weighted by Gasteiger charge is -2.35. The number of hydrogen-bond acceptors (Lipinski definition) is 5. The van der Waals surface area contributed by atoms with Gasteiger partial charge in [0.15, 0.2) is 0 Å². The van der Waals surface area contributed by atoms with Crippen molar-refractivity contribution in [3.05, 3.63) is 60.0 Å². The number of hydrogen-bond donors (Lipinski definition) is 0. The lowest BCUT2D eigenvalue weighted by molar-refractivity contribution is 0.246. The van der Waals surface area contributed by atoms with Gasteiger partial charge in [-0.1, -0.05) is 18.2 Å². The van der Waals surface area contributed by atoms with Crippen LogP contribution in [0.5, 0.6) is 0 Å². The van der Waals surface area contributed by atoms with Gasteiger partial charge >= 0.3 is 0 Å². The zero-order chi connectivity index (χ0) is 16.4. The Kier molecular flexibility index (Phi) is 4.09. The van der Waals surface area contributed by atoms with Crippen molar-refractivity contribution in [2.75, 3.05) is 31.1 Å². The molecule has 0 spiro atoms. The fourth-order valence-corrected chi connectivity index (χ4v) is 3.13. The molecule has 0 bridgehead atoms. The molecule has 1 aliphatic heterocycles. The van der Waals surface area contributed by atoms with Crippen molar-refractivity contribution in [3.63, 3.8) is 0 Å². The van der Waals surface area contributed by atoms with Gasteiger partial charge in [0, 0.05) is 38.9 Å². The van der Waals surface area contributed by atoms with E-state index in [-0.39, 0.29) is 0 Å². The monoisotopic (exact) mass is 319 g/mol. The number of anilines is 1. The molecule has 0 saturated carbocycles. The Morgan fingerprint density at radius 1 is 0.917 bits per heavy atom. The summed E-state index contributed by atoms with van der Waals surface area (Å²) in [7, 11) is 0. The first-order valence-corrected chi connectivity index (χ1v) is 8.39. The van der Waals surface area contributed by atoms with Crippen LogP contribution in [0, 0.1) is 6.92 Å². The lowest BCUT2D eigenvalue weighted by Crippen LogP contribution is -2.46. The maximum Gasteiger partial charge on any atom is 0.147 e.